The zero-order valence-corrected chi connectivity index (χ0v) is 8.94. The molecule has 0 saturated heterocycles. The van der Waals surface area contributed by atoms with E-state index in [-0.39, 0.29) is 0 Å². The van der Waals surface area contributed by atoms with E-state index < -0.39 is 0 Å². The molecule has 0 aliphatic heterocycles. The second kappa shape index (κ2) is 6.41. The molecule has 0 rings (SSSR count). The van der Waals surface area contributed by atoms with Crippen LogP contribution in [0.4, 0.5) is 0 Å². The lowest BCUT2D eigenvalue weighted by molar-refractivity contribution is 1.10. The summed E-state index contributed by atoms with van der Waals surface area (Å²) in [6.45, 7) is 8.91. The molecular weight excluding hydrogens is 160 g/mol. The molecule has 1 radical (unpaired) electrons. The molecule has 0 fully saturated rings. The third-order valence-corrected chi connectivity index (χ3v) is 3.38. The topological polar surface area (TPSA) is 0 Å². The van der Waals surface area contributed by atoms with Crippen LogP contribution in [0.1, 0.15) is 34.1 Å². The van der Waals surface area contributed by atoms with Gasteiger partial charge in [-0.2, -0.15) is 0 Å². The first-order chi connectivity index (χ1) is 4.66. The Balaban J connectivity index is 3.16. The summed E-state index contributed by atoms with van der Waals surface area (Å²) in [7, 11) is 0. The molecule has 0 amide bonds. The van der Waals surface area contributed by atoms with Crippen molar-refractivity contribution in [1.29, 1.82) is 0 Å². The van der Waals surface area contributed by atoms with Crippen LogP contribution in [0.5, 0.6) is 0 Å². The number of rotatable bonds is 5. The van der Waals surface area contributed by atoms with Gasteiger partial charge in [-0.15, -0.1) is 23.5 Å². The quantitative estimate of drug-likeness (QED) is 0.627. The molecule has 0 nitrogen and oxygen atoms in total. The van der Waals surface area contributed by atoms with Crippen LogP contribution < -0.4 is 0 Å². The molecule has 0 bridgehead atoms. The fourth-order valence-corrected chi connectivity index (χ4v) is 2.87. The van der Waals surface area contributed by atoms with Gasteiger partial charge >= 0.3 is 0 Å². The van der Waals surface area contributed by atoms with Crippen molar-refractivity contribution in [1.82, 2.24) is 0 Å². The zero-order chi connectivity index (χ0) is 7.98. The minimum absolute atomic E-state index is 0.740. The first-order valence-corrected chi connectivity index (χ1v) is 5.66. The highest BCUT2D eigenvalue weighted by Crippen LogP contribution is 2.34. The van der Waals surface area contributed by atoms with Crippen molar-refractivity contribution in [2.24, 2.45) is 0 Å². The van der Waals surface area contributed by atoms with Gasteiger partial charge in [0, 0.05) is 5.25 Å². The SMILES string of the molecule is CCCS[C](C)SC(C)C. The molecule has 0 N–H and O–H groups in total. The van der Waals surface area contributed by atoms with E-state index in [1.165, 1.54) is 16.8 Å². The van der Waals surface area contributed by atoms with Gasteiger partial charge in [0.15, 0.2) is 0 Å². The number of hydrogen-bond acceptors (Lipinski definition) is 2. The van der Waals surface area contributed by atoms with E-state index in [9.17, 15) is 0 Å². The second-order valence-corrected chi connectivity index (χ2v) is 5.87. The summed E-state index contributed by atoms with van der Waals surface area (Å²) < 4.78 is 1.51. The molecule has 0 aliphatic rings. The summed E-state index contributed by atoms with van der Waals surface area (Å²) in [5.41, 5.74) is 0. The van der Waals surface area contributed by atoms with Crippen LogP contribution in [0.2, 0.25) is 0 Å². The van der Waals surface area contributed by atoms with Crippen LogP contribution in [-0.2, 0) is 0 Å². The van der Waals surface area contributed by atoms with E-state index >= 15 is 0 Å². The second-order valence-electron chi connectivity index (χ2n) is 2.51. The van der Waals surface area contributed by atoms with Gasteiger partial charge < -0.3 is 0 Å². The highest BCUT2D eigenvalue weighted by atomic mass is 32.2. The van der Waals surface area contributed by atoms with Gasteiger partial charge in [0.25, 0.3) is 0 Å². The van der Waals surface area contributed by atoms with Gasteiger partial charge in [0.1, 0.15) is 0 Å². The molecule has 0 aromatic heterocycles. The Kier molecular flexibility index (Phi) is 6.86. The van der Waals surface area contributed by atoms with Crippen molar-refractivity contribution in [3.05, 3.63) is 4.58 Å². The average Bonchev–Trinajstić information content (AvgIpc) is 1.82. The minimum Gasteiger partial charge on any atom is -0.142 e. The van der Waals surface area contributed by atoms with Crippen LogP contribution in [0.3, 0.4) is 0 Å². The standard InChI is InChI=1S/C8H17S2/c1-5-6-9-8(4)10-7(2)3/h7H,5-6H2,1-4H3. The number of hydrogen-bond donors (Lipinski definition) is 0. The Morgan fingerprint density at radius 3 is 2.40 bits per heavy atom. The lowest BCUT2D eigenvalue weighted by atomic mass is 10.6. The van der Waals surface area contributed by atoms with Crippen molar-refractivity contribution in [3.8, 4) is 0 Å². The van der Waals surface area contributed by atoms with Crippen LogP contribution >= 0.6 is 23.5 Å². The molecule has 0 spiro atoms. The third kappa shape index (κ3) is 6.81. The van der Waals surface area contributed by atoms with E-state index in [0.29, 0.717) is 0 Å². The van der Waals surface area contributed by atoms with Crippen molar-refractivity contribution >= 4 is 23.5 Å². The van der Waals surface area contributed by atoms with E-state index in [1.807, 2.05) is 23.5 Å². The van der Waals surface area contributed by atoms with Crippen molar-refractivity contribution in [2.45, 2.75) is 39.4 Å². The minimum atomic E-state index is 0.740. The Hall–Kier alpha value is 0.700. The summed E-state index contributed by atoms with van der Waals surface area (Å²) in [5, 5.41) is 0.740. The average molecular weight is 177 g/mol. The zero-order valence-electron chi connectivity index (χ0n) is 7.31. The lowest BCUT2D eigenvalue weighted by Gasteiger charge is -2.10. The van der Waals surface area contributed by atoms with Crippen molar-refractivity contribution in [3.63, 3.8) is 0 Å². The predicted molar refractivity (Wildman–Crippen MR) is 54.4 cm³/mol. The van der Waals surface area contributed by atoms with E-state index in [4.69, 9.17) is 0 Å². The molecule has 0 saturated carbocycles. The summed E-state index contributed by atoms with van der Waals surface area (Å²) >= 11 is 3.96. The van der Waals surface area contributed by atoms with Gasteiger partial charge in [-0.25, -0.2) is 0 Å². The Morgan fingerprint density at radius 2 is 2.00 bits per heavy atom. The van der Waals surface area contributed by atoms with Crippen molar-refractivity contribution < 1.29 is 0 Å². The van der Waals surface area contributed by atoms with Crippen LogP contribution in [-0.4, -0.2) is 11.0 Å². The highest BCUT2D eigenvalue weighted by Gasteiger charge is 2.04. The molecule has 0 aromatic rings. The first kappa shape index (κ1) is 10.7. The molecular formula is C8H17S2. The van der Waals surface area contributed by atoms with Gasteiger partial charge in [-0.3, -0.25) is 0 Å². The van der Waals surface area contributed by atoms with Crippen LogP contribution in [0.25, 0.3) is 0 Å². The molecule has 61 valence electrons. The Bertz CT molecular complexity index is 71.7. The van der Waals surface area contributed by atoms with Gasteiger partial charge in [-0.1, -0.05) is 20.8 Å². The molecule has 0 atom stereocenters. The molecule has 0 aliphatic carbocycles. The molecule has 0 aromatic carbocycles. The highest BCUT2D eigenvalue weighted by molar-refractivity contribution is 8.20. The lowest BCUT2D eigenvalue weighted by Crippen LogP contribution is -1.90. The van der Waals surface area contributed by atoms with E-state index in [1.54, 1.807) is 0 Å². The molecule has 0 heterocycles. The fourth-order valence-electron chi connectivity index (χ4n) is 0.612. The summed E-state index contributed by atoms with van der Waals surface area (Å²) in [4.78, 5) is 0. The van der Waals surface area contributed by atoms with Crippen LogP contribution in [0.15, 0.2) is 0 Å². The van der Waals surface area contributed by atoms with Gasteiger partial charge in [0.2, 0.25) is 0 Å². The largest absolute Gasteiger partial charge is 0.142 e. The normalized spacial score (nSPS) is 11.4. The Labute approximate surface area is 73.5 Å². The van der Waals surface area contributed by atoms with Crippen molar-refractivity contribution in [2.75, 3.05) is 5.75 Å². The Morgan fingerprint density at radius 1 is 1.40 bits per heavy atom. The van der Waals surface area contributed by atoms with Gasteiger partial charge in [-0.05, 0) is 19.1 Å². The van der Waals surface area contributed by atoms with Crippen LogP contribution in [0, 0.1) is 4.58 Å². The maximum Gasteiger partial charge on any atom is 0.0819 e. The molecule has 0 unspecified atom stereocenters. The molecule has 2 heteroatoms. The monoisotopic (exact) mass is 177 g/mol. The first-order valence-electron chi connectivity index (χ1n) is 3.79. The fraction of sp³-hybridized carbons (Fsp3) is 0.875. The summed E-state index contributed by atoms with van der Waals surface area (Å²) in [6, 6.07) is 0. The summed E-state index contributed by atoms with van der Waals surface area (Å²) in [6.07, 6.45) is 1.28. The van der Waals surface area contributed by atoms with E-state index in [2.05, 4.69) is 27.7 Å². The maximum atomic E-state index is 2.24. The third-order valence-electron chi connectivity index (χ3n) is 0.911. The molecule has 10 heavy (non-hydrogen) atoms. The summed E-state index contributed by atoms with van der Waals surface area (Å²) in [5.74, 6) is 1.27. The van der Waals surface area contributed by atoms with E-state index in [0.717, 1.165) is 5.25 Å². The number of thioether (sulfide) groups is 2. The van der Waals surface area contributed by atoms with Gasteiger partial charge in [0.05, 0.1) is 4.58 Å². The maximum absolute atomic E-state index is 2.24. The smallest absolute Gasteiger partial charge is 0.0819 e. The predicted octanol–water partition coefficient (Wildman–Crippen LogP) is 3.78.